The van der Waals surface area contributed by atoms with Gasteiger partial charge < -0.3 is 13.7 Å². The highest BCUT2D eigenvalue weighted by Crippen LogP contribution is 2.44. The van der Waals surface area contributed by atoms with Gasteiger partial charge in [-0.2, -0.15) is 0 Å². The van der Waals surface area contributed by atoms with Gasteiger partial charge in [-0.1, -0.05) is 150 Å². The minimum Gasteiger partial charge on any atom is -0.456 e. The van der Waals surface area contributed by atoms with Crippen molar-refractivity contribution in [3.63, 3.8) is 0 Å². The molecule has 276 valence electrons. The minimum atomic E-state index is -2.53. The molecule has 0 bridgehead atoms. The molecule has 10 aromatic rings. The largest absolute Gasteiger partial charge is 0.456 e. The molecule has 2 aliphatic rings. The lowest BCUT2D eigenvalue weighted by atomic mass is 10.0. The molecule has 2 aliphatic carbocycles. The van der Waals surface area contributed by atoms with Crippen molar-refractivity contribution in [2.75, 3.05) is 4.90 Å². The van der Waals surface area contributed by atoms with Crippen molar-refractivity contribution in [1.82, 2.24) is 4.40 Å². The van der Waals surface area contributed by atoms with Crippen molar-refractivity contribution in [3.8, 4) is 0 Å². The fourth-order valence-electron chi connectivity index (χ4n) is 10.4. The lowest BCUT2D eigenvalue weighted by Crippen LogP contribution is -2.62. The molecule has 0 atom stereocenters. The molecule has 0 unspecified atom stereocenters. The van der Waals surface area contributed by atoms with E-state index in [1.807, 2.05) is 6.07 Å². The van der Waals surface area contributed by atoms with E-state index in [2.05, 4.69) is 197 Å². The third kappa shape index (κ3) is 4.85. The highest BCUT2D eigenvalue weighted by molar-refractivity contribution is 7.12. The van der Waals surface area contributed by atoms with Crippen LogP contribution in [0.5, 0.6) is 0 Å². The summed E-state index contributed by atoms with van der Waals surface area (Å²) in [7, 11) is -2.53. The van der Waals surface area contributed by atoms with Gasteiger partial charge in [0.1, 0.15) is 11.2 Å². The van der Waals surface area contributed by atoms with Crippen LogP contribution in [0.1, 0.15) is 25.7 Å². The van der Waals surface area contributed by atoms with Gasteiger partial charge in [0.2, 0.25) is 0 Å². The van der Waals surface area contributed by atoms with Crippen LogP contribution in [0.25, 0.3) is 60.0 Å². The topological polar surface area (TPSA) is 20.8 Å². The first-order valence-electron chi connectivity index (χ1n) is 20.5. The van der Waals surface area contributed by atoms with Crippen LogP contribution in [0.4, 0.5) is 11.4 Å². The lowest BCUT2D eigenvalue weighted by molar-refractivity contribution is 0.669. The van der Waals surface area contributed by atoms with E-state index in [1.165, 1.54) is 54.2 Å². The van der Waals surface area contributed by atoms with Gasteiger partial charge in [0, 0.05) is 55.5 Å². The summed E-state index contributed by atoms with van der Waals surface area (Å²) in [6, 6.07) is 60.5. The molecule has 3 nitrogen and oxygen atoms in total. The molecule has 3 aromatic heterocycles. The molecule has 12 rings (SSSR count). The smallest absolute Gasteiger partial charge is 0.171 e. The van der Waals surface area contributed by atoms with Crippen molar-refractivity contribution in [3.05, 3.63) is 210 Å². The number of aromatic nitrogens is 1. The van der Waals surface area contributed by atoms with Gasteiger partial charge in [0.15, 0.2) is 8.07 Å². The number of rotatable bonds is 7. The monoisotopic (exact) mass is 760 g/mol. The van der Waals surface area contributed by atoms with E-state index < -0.39 is 8.07 Å². The van der Waals surface area contributed by atoms with E-state index in [0.717, 1.165) is 59.0 Å². The first-order chi connectivity index (χ1) is 28.8. The van der Waals surface area contributed by atoms with E-state index >= 15 is 0 Å². The van der Waals surface area contributed by atoms with Gasteiger partial charge in [-0.25, -0.2) is 0 Å². The SMILES string of the molecule is C1=CCCC([Si](C2=CC=C(N(c3ccc4c(c3)oc3ccccc34)c3ccc4c(c3)c3cccc5c6ccccc6n4c53)CC2)(c2ccccc2)c2ccccc2)=C1. The van der Waals surface area contributed by atoms with Gasteiger partial charge in [-0.3, -0.25) is 0 Å². The quantitative estimate of drug-likeness (QED) is 0.151. The summed E-state index contributed by atoms with van der Waals surface area (Å²) in [5.41, 5.74) is 9.14. The maximum atomic E-state index is 6.51. The highest BCUT2D eigenvalue weighted by Gasteiger charge is 2.44. The summed E-state index contributed by atoms with van der Waals surface area (Å²) in [5, 5.41) is 13.5. The molecule has 4 heteroatoms. The third-order valence-corrected chi connectivity index (χ3v) is 18.0. The summed E-state index contributed by atoms with van der Waals surface area (Å²) < 4.78 is 8.97. The predicted molar refractivity (Wildman–Crippen MR) is 247 cm³/mol. The molecule has 0 aliphatic heterocycles. The Kier molecular flexibility index (Phi) is 7.51. The van der Waals surface area contributed by atoms with Gasteiger partial charge >= 0.3 is 0 Å². The van der Waals surface area contributed by atoms with Crippen LogP contribution in [0.3, 0.4) is 0 Å². The number of hydrogen-bond acceptors (Lipinski definition) is 2. The Morgan fingerprint density at radius 2 is 1.10 bits per heavy atom. The van der Waals surface area contributed by atoms with Crippen LogP contribution < -0.4 is 15.3 Å². The number of para-hydroxylation sites is 3. The number of fused-ring (bicyclic) bond motifs is 9. The molecule has 0 fully saturated rings. The normalized spacial score (nSPS) is 14.9. The summed E-state index contributed by atoms with van der Waals surface area (Å²) in [6.07, 6.45) is 16.0. The van der Waals surface area contributed by atoms with Crippen LogP contribution in [0.2, 0.25) is 0 Å². The van der Waals surface area contributed by atoms with E-state index in [4.69, 9.17) is 4.42 Å². The maximum Gasteiger partial charge on any atom is 0.171 e. The first kappa shape index (κ1) is 33.3. The zero-order valence-electron chi connectivity index (χ0n) is 32.1. The molecule has 3 heterocycles. The number of allylic oxidation sites excluding steroid dienone is 8. The molecule has 7 aromatic carbocycles. The van der Waals surface area contributed by atoms with Gasteiger partial charge in [0.25, 0.3) is 0 Å². The van der Waals surface area contributed by atoms with Gasteiger partial charge in [0.05, 0.1) is 16.6 Å². The van der Waals surface area contributed by atoms with Crippen LogP contribution in [-0.4, -0.2) is 12.5 Å². The summed E-state index contributed by atoms with van der Waals surface area (Å²) in [6.45, 7) is 0. The van der Waals surface area contributed by atoms with Gasteiger partial charge in [-0.15, -0.1) is 0 Å². The number of benzene rings is 7. The predicted octanol–water partition coefficient (Wildman–Crippen LogP) is 13.1. The Labute approximate surface area is 338 Å². The maximum absolute atomic E-state index is 6.51. The average Bonchev–Trinajstić information content (AvgIpc) is 3.95. The second-order valence-electron chi connectivity index (χ2n) is 15.9. The van der Waals surface area contributed by atoms with Crippen molar-refractivity contribution in [1.29, 1.82) is 0 Å². The van der Waals surface area contributed by atoms with E-state index in [-0.39, 0.29) is 0 Å². The third-order valence-electron chi connectivity index (χ3n) is 12.9. The minimum absolute atomic E-state index is 0.904. The van der Waals surface area contributed by atoms with Crippen LogP contribution in [0.15, 0.2) is 215 Å². The number of furan rings is 1. The molecule has 0 radical (unpaired) electrons. The van der Waals surface area contributed by atoms with Gasteiger partial charge in [-0.05, 0) is 84.6 Å². The fourth-order valence-corrected chi connectivity index (χ4v) is 15.7. The summed E-state index contributed by atoms with van der Waals surface area (Å²) in [4.78, 5) is 2.49. The summed E-state index contributed by atoms with van der Waals surface area (Å²) in [5.74, 6) is 0. The van der Waals surface area contributed by atoms with Crippen LogP contribution in [-0.2, 0) is 0 Å². The Morgan fingerprint density at radius 1 is 0.466 bits per heavy atom. The number of hydrogen-bond donors (Lipinski definition) is 0. The summed E-state index contributed by atoms with van der Waals surface area (Å²) >= 11 is 0. The zero-order valence-corrected chi connectivity index (χ0v) is 33.1. The van der Waals surface area contributed by atoms with Crippen LogP contribution in [0, 0.1) is 0 Å². The van der Waals surface area contributed by atoms with Crippen molar-refractivity contribution < 1.29 is 4.42 Å². The molecule has 0 saturated heterocycles. The second-order valence-corrected chi connectivity index (χ2v) is 19.8. The molecule has 0 N–H and O–H groups in total. The second kappa shape index (κ2) is 13.1. The Bertz CT molecular complexity index is 3310. The van der Waals surface area contributed by atoms with Crippen molar-refractivity contribution >= 4 is 89.9 Å². The van der Waals surface area contributed by atoms with Crippen molar-refractivity contribution in [2.45, 2.75) is 25.7 Å². The Morgan fingerprint density at radius 3 is 1.86 bits per heavy atom. The Hall–Kier alpha value is -6.88. The van der Waals surface area contributed by atoms with E-state index in [9.17, 15) is 0 Å². The van der Waals surface area contributed by atoms with E-state index in [0.29, 0.717) is 0 Å². The zero-order chi connectivity index (χ0) is 38.2. The highest BCUT2D eigenvalue weighted by atomic mass is 28.3. The number of nitrogens with zero attached hydrogens (tertiary/aromatic N) is 2. The van der Waals surface area contributed by atoms with Crippen LogP contribution >= 0.6 is 0 Å². The molecular weight excluding hydrogens is 721 g/mol. The molecule has 58 heavy (non-hydrogen) atoms. The average molecular weight is 761 g/mol. The standard InChI is InChI=1S/C54H40N2OSi/c1-4-15-40(16-5-1)58(41-17-6-2-7-18-41,42-19-8-3-9-20-42)43-31-27-37(28-32-43)55(39-29-33-46-45-22-11-13-26-52(45)57-53(46)36-39)38-30-34-51-49(35-38)48-24-14-23-47-44-21-10-12-25-50(44)56(51)54(47)48/h1-8,10-19,21-27,29-31,33-36H,9,20,28,32H2. The fraction of sp³-hybridized carbons (Fsp3) is 0.0741. The lowest BCUT2D eigenvalue weighted by Gasteiger charge is -2.40. The van der Waals surface area contributed by atoms with E-state index in [1.54, 1.807) is 10.4 Å². The molecule has 0 spiro atoms. The Balaban J connectivity index is 1.07. The molecule has 0 amide bonds. The number of anilines is 2. The first-order valence-corrected chi connectivity index (χ1v) is 22.5. The molecule has 0 saturated carbocycles. The van der Waals surface area contributed by atoms with Crippen molar-refractivity contribution in [2.24, 2.45) is 0 Å². The molecular formula is C54H40N2OSi.